The van der Waals surface area contributed by atoms with Crippen LogP contribution in [0.3, 0.4) is 0 Å². The monoisotopic (exact) mass is 284 g/mol. The van der Waals surface area contributed by atoms with Crippen molar-refractivity contribution in [1.82, 2.24) is 5.32 Å². The van der Waals surface area contributed by atoms with Gasteiger partial charge in [-0.25, -0.2) is 8.78 Å². The number of hydrogen-bond donors (Lipinski definition) is 2. The van der Waals surface area contributed by atoms with E-state index in [-0.39, 0.29) is 28.9 Å². The molecule has 1 saturated carbocycles. The molecule has 1 fully saturated rings. The van der Waals surface area contributed by atoms with Gasteiger partial charge in [0.15, 0.2) is 0 Å². The van der Waals surface area contributed by atoms with Gasteiger partial charge >= 0.3 is 0 Å². The summed E-state index contributed by atoms with van der Waals surface area (Å²) in [6.07, 6.45) is 1.55. The van der Waals surface area contributed by atoms with Gasteiger partial charge in [0.2, 0.25) is 5.91 Å². The molecule has 3 N–H and O–H groups in total. The SMILES string of the molecule is NC(=S)C(NC(=O)Cc1c(F)cccc1F)C1CC1. The lowest BCUT2D eigenvalue weighted by molar-refractivity contribution is -0.120. The number of rotatable bonds is 5. The molecule has 0 bridgehead atoms. The summed E-state index contributed by atoms with van der Waals surface area (Å²) >= 11 is 4.88. The summed E-state index contributed by atoms with van der Waals surface area (Å²) in [5.41, 5.74) is 5.31. The number of thiocarbonyl (C=S) groups is 1. The van der Waals surface area contributed by atoms with E-state index in [0.29, 0.717) is 0 Å². The Labute approximate surface area is 115 Å². The van der Waals surface area contributed by atoms with Crippen LogP contribution in [-0.2, 0) is 11.2 Å². The highest BCUT2D eigenvalue weighted by atomic mass is 32.1. The molecule has 1 aromatic rings. The normalized spacial score (nSPS) is 15.9. The second-order valence-corrected chi connectivity index (χ2v) is 5.13. The molecule has 0 heterocycles. The molecule has 1 aliphatic carbocycles. The lowest BCUT2D eigenvalue weighted by Crippen LogP contribution is -2.45. The Balaban J connectivity index is 2.02. The number of halogens is 2. The van der Waals surface area contributed by atoms with Crippen LogP contribution < -0.4 is 11.1 Å². The molecular formula is C13H14F2N2OS. The van der Waals surface area contributed by atoms with E-state index in [1.807, 2.05) is 0 Å². The van der Waals surface area contributed by atoms with Crippen LogP contribution in [0.15, 0.2) is 18.2 Å². The van der Waals surface area contributed by atoms with Crippen LogP contribution in [0.5, 0.6) is 0 Å². The molecule has 0 spiro atoms. The van der Waals surface area contributed by atoms with Gasteiger partial charge in [-0.1, -0.05) is 18.3 Å². The summed E-state index contributed by atoms with van der Waals surface area (Å²) in [5.74, 6) is -1.68. The summed E-state index contributed by atoms with van der Waals surface area (Å²) in [4.78, 5) is 12.0. The Bertz CT molecular complexity index is 497. The maximum absolute atomic E-state index is 13.4. The van der Waals surface area contributed by atoms with Crippen LogP contribution in [0.1, 0.15) is 18.4 Å². The van der Waals surface area contributed by atoms with Crippen molar-refractivity contribution < 1.29 is 13.6 Å². The molecule has 1 unspecified atom stereocenters. The predicted octanol–water partition coefficient (Wildman–Crippen LogP) is 1.69. The number of benzene rings is 1. The third-order valence-corrected chi connectivity index (χ3v) is 3.37. The van der Waals surface area contributed by atoms with E-state index in [2.05, 4.69) is 5.32 Å². The van der Waals surface area contributed by atoms with Crippen LogP contribution in [-0.4, -0.2) is 16.9 Å². The van der Waals surface area contributed by atoms with Crippen molar-refractivity contribution in [2.75, 3.05) is 0 Å². The molecule has 2 rings (SSSR count). The minimum absolute atomic E-state index is 0.213. The highest BCUT2D eigenvalue weighted by Gasteiger charge is 2.34. The van der Waals surface area contributed by atoms with E-state index in [9.17, 15) is 13.6 Å². The Morgan fingerprint density at radius 2 is 2.00 bits per heavy atom. The van der Waals surface area contributed by atoms with Crippen LogP contribution in [0.4, 0.5) is 8.78 Å². The molecule has 0 radical (unpaired) electrons. The predicted molar refractivity (Wildman–Crippen MR) is 71.5 cm³/mol. The molecule has 1 aromatic carbocycles. The maximum Gasteiger partial charge on any atom is 0.225 e. The molecule has 19 heavy (non-hydrogen) atoms. The maximum atomic E-state index is 13.4. The van der Waals surface area contributed by atoms with E-state index in [1.54, 1.807) is 0 Å². The van der Waals surface area contributed by atoms with Crippen molar-refractivity contribution in [3.63, 3.8) is 0 Å². The zero-order valence-corrected chi connectivity index (χ0v) is 11.0. The van der Waals surface area contributed by atoms with Crippen molar-refractivity contribution in [1.29, 1.82) is 0 Å². The second kappa shape index (κ2) is 5.61. The fraction of sp³-hybridized carbons (Fsp3) is 0.385. The number of hydrogen-bond acceptors (Lipinski definition) is 2. The number of carbonyl (C=O) groups is 1. The van der Waals surface area contributed by atoms with Gasteiger partial charge in [-0.2, -0.15) is 0 Å². The standard InChI is InChI=1S/C13H14F2N2OS/c14-9-2-1-3-10(15)8(9)6-11(18)17-12(13(16)19)7-4-5-7/h1-3,7,12H,4-6H2,(H2,16,19)(H,17,18). The van der Waals surface area contributed by atoms with E-state index in [0.717, 1.165) is 25.0 Å². The first-order valence-electron chi connectivity index (χ1n) is 6.00. The highest BCUT2D eigenvalue weighted by Crippen LogP contribution is 2.32. The molecule has 1 atom stereocenters. The minimum atomic E-state index is -0.728. The summed E-state index contributed by atoms with van der Waals surface area (Å²) in [6, 6.07) is 3.13. The Morgan fingerprint density at radius 1 is 1.42 bits per heavy atom. The van der Waals surface area contributed by atoms with E-state index < -0.39 is 17.5 Å². The van der Waals surface area contributed by atoms with Gasteiger partial charge in [0.05, 0.1) is 17.5 Å². The first-order chi connectivity index (χ1) is 8.99. The molecule has 1 amide bonds. The van der Waals surface area contributed by atoms with Crippen molar-refractivity contribution in [3.8, 4) is 0 Å². The Morgan fingerprint density at radius 3 is 2.47 bits per heavy atom. The van der Waals surface area contributed by atoms with Gasteiger partial charge < -0.3 is 11.1 Å². The van der Waals surface area contributed by atoms with E-state index in [4.69, 9.17) is 18.0 Å². The fourth-order valence-corrected chi connectivity index (χ4v) is 2.19. The smallest absolute Gasteiger partial charge is 0.225 e. The molecule has 6 heteroatoms. The molecule has 0 aliphatic heterocycles. The lowest BCUT2D eigenvalue weighted by Gasteiger charge is -2.16. The Kier molecular flexibility index (Phi) is 4.09. The van der Waals surface area contributed by atoms with Crippen LogP contribution >= 0.6 is 12.2 Å². The summed E-state index contributed by atoms with van der Waals surface area (Å²) in [5, 5.41) is 2.64. The van der Waals surface area contributed by atoms with Crippen molar-refractivity contribution in [2.24, 2.45) is 11.7 Å². The number of amides is 1. The second-order valence-electron chi connectivity index (χ2n) is 4.66. The highest BCUT2D eigenvalue weighted by molar-refractivity contribution is 7.80. The fourth-order valence-electron chi connectivity index (χ4n) is 1.94. The van der Waals surface area contributed by atoms with Crippen LogP contribution in [0, 0.1) is 17.6 Å². The molecule has 102 valence electrons. The van der Waals surface area contributed by atoms with Gasteiger partial charge in [-0.3, -0.25) is 4.79 Å². The van der Waals surface area contributed by atoms with Gasteiger partial charge in [0.25, 0.3) is 0 Å². The summed E-state index contributed by atoms with van der Waals surface area (Å²) in [6.45, 7) is 0. The third-order valence-electron chi connectivity index (χ3n) is 3.12. The molecule has 0 saturated heterocycles. The molecule has 1 aliphatic rings. The largest absolute Gasteiger partial charge is 0.392 e. The quantitative estimate of drug-likeness (QED) is 0.809. The van der Waals surface area contributed by atoms with Gasteiger partial charge in [0, 0.05) is 5.56 Å². The summed E-state index contributed by atoms with van der Waals surface area (Å²) in [7, 11) is 0. The van der Waals surface area contributed by atoms with Crippen molar-refractivity contribution in [2.45, 2.75) is 25.3 Å². The van der Waals surface area contributed by atoms with Crippen molar-refractivity contribution >= 4 is 23.1 Å². The number of nitrogens with one attached hydrogen (secondary N) is 1. The zero-order chi connectivity index (χ0) is 14.0. The van der Waals surface area contributed by atoms with E-state index >= 15 is 0 Å². The lowest BCUT2D eigenvalue weighted by atomic mass is 10.1. The zero-order valence-electron chi connectivity index (χ0n) is 10.2. The van der Waals surface area contributed by atoms with Crippen LogP contribution in [0.25, 0.3) is 0 Å². The summed E-state index contributed by atoms with van der Waals surface area (Å²) < 4.78 is 26.8. The van der Waals surface area contributed by atoms with Gasteiger partial charge in [-0.05, 0) is 30.9 Å². The van der Waals surface area contributed by atoms with E-state index in [1.165, 1.54) is 6.07 Å². The first kappa shape index (κ1) is 13.9. The number of nitrogens with two attached hydrogens (primary N) is 1. The van der Waals surface area contributed by atoms with Gasteiger partial charge in [-0.15, -0.1) is 0 Å². The minimum Gasteiger partial charge on any atom is -0.392 e. The molecule has 0 aromatic heterocycles. The van der Waals surface area contributed by atoms with Crippen LogP contribution in [0.2, 0.25) is 0 Å². The third kappa shape index (κ3) is 3.47. The van der Waals surface area contributed by atoms with Crippen molar-refractivity contribution in [3.05, 3.63) is 35.4 Å². The topological polar surface area (TPSA) is 55.1 Å². The average Bonchev–Trinajstić information content (AvgIpc) is 3.15. The molecular weight excluding hydrogens is 270 g/mol. The van der Waals surface area contributed by atoms with Gasteiger partial charge in [0.1, 0.15) is 11.6 Å². The first-order valence-corrected chi connectivity index (χ1v) is 6.41. The number of carbonyl (C=O) groups excluding carboxylic acids is 1. The average molecular weight is 284 g/mol. The molecule has 3 nitrogen and oxygen atoms in total. The Hall–Kier alpha value is -1.56.